The van der Waals surface area contributed by atoms with Gasteiger partial charge < -0.3 is 15.2 Å². The number of ether oxygens (including phenoxy) is 1. The van der Waals surface area contributed by atoms with E-state index in [1.807, 2.05) is 6.92 Å². The van der Waals surface area contributed by atoms with Crippen LogP contribution in [0.4, 0.5) is 0 Å². The summed E-state index contributed by atoms with van der Waals surface area (Å²) >= 11 is 0. The molecule has 17 heavy (non-hydrogen) atoms. The first kappa shape index (κ1) is 14.5. The van der Waals surface area contributed by atoms with E-state index in [-0.39, 0.29) is 12.5 Å². The molecule has 1 atom stereocenters. The highest BCUT2D eigenvalue weighted by Crippen LogP contribution is 2.29. The molecule has 0 aromatic heterocycles. The van der Waals surface area contributed by atoms with Gasteiger partial charge in [-0.3, -0.25) is 4.79 Å². The molecule has 100 valence electrons. The third-order valence-corrected chi connectivity index (χ3v) is 4.10. The monoisotopic (exact) mass is 243 g/mol. The number of rotatable bonds is 5. The zero-order valence-corrected chi connectivity index (χ0v) is 11.2. The molecule has 1 aliphatic carbocycles. The third-order valence-electron chi connectivity index (χ3n) is 4.10. The molecule has 0 saturated heterocycles. The van der Waals surface area contributed by atoms with Gasteiger partial charge in [0.2, 0.25) is 0 Å². The van der Waals surface area contributed by atoms with E-state index in [1.54, 1.807) is 14.0 Å². The van der Waals surface area contributed by atoms with Crippen molar-refractivity contribution in [3.63, 3.8) is 0 Å². The van der Waals surface area contributed by atoms with E-state index in [1.165, 1.54) is 6.42 Å². The lowest BCUT2D eigenvalue weighted by Crippen LogP contribution is -2.58. The first-order valence-electron chi connectivity index (χ1n) is 6.50. The zero-order valence-electron chi connectivity index (χ0n) is 11.2. The average Bonchev–Trinajstić information content (AvgIpc) is 2.38. The van der Waals surface area contributed by atoms with E-state index in [0.29, 0.717) is 6.42 Å². The SMILES string of the molecule is CCC(C)(OC)C(=O)NC1(CO)CCCCC1. The number of aliphatic hydroxyl groups excluding tert-OH is 1. The van der Waals surface area contributed by atoms with Crippen LogP contribution in [0.25, 0.3) is 0 Å². The van der Waals surface area contributed by atoms with Crippen molar-refractivity contribution < 1.29 is 14.6 Å². The first-order valence-corrected chi connectivity index (χ1v) is 6.50. The maximum Gasteiger partial charge on any atom is 0.252 e. The minimum Gasteiger partial charge on any atom is -0.394 e. The summed E-state index contributed by atoms with van der Waals surface area (Å²) in [5.74, 6) is -0.113. The predicted molar refractivity (Wildman–Crippen MR) is 66.7 cm³/mol. The van der Waals surface area contributed by atoms with Crippen molar-refractivity contribution in [3.05, 3.63) is 0 Å². The number of aliphatic hydroxyl groups is 1. The highest BCUT2D eigenvalue weighted by atomic mass is 16.5. The Morgan fingerprint density at radius 2 is 2.00 bits per heavy atom. The van der Waals surface area contributed by atoms with Gasteiger partial charge in [-0.2, -0.15) is 0 Å². The molecule has 1 amide bonds. The summed E-state index contributed by atoms with van der Waals surface area (Å²) in [6.07, 6.45) is 5.66. The number of nitrogens with one attached hydrogen (secondary N) is 1. The van der Waals surface area contributed by atoms with Gasteiger partial charge >= 0.3 is 0 Å². The Morgan fingerprint density at radius 3 is 2.41 bits per heavy atom. The predicted octanol–water partition coefficient (Wildman–Crippen LogP) is 1.61. The summed E-state index contributed by atoms with van der Waals surface area (Å²) in [5, 5.41) is 12.6. The lowest BCUT2D eigenvalue weighted by atomic mass is 9.81. The van der Waals surface area contributed by atoms with Crippen molar-refractivity contribution in [1.82, 2.24) is 5.32 Å². The Bertz CT molecular complexity index is 255. The third kappa shape index (κ3) is 3.19. The molecule has 4 heteroatoms. The molecule has 1 fully saturated rings. The van der Waals surface area contributed by atoms with Gasteiger partial charge in [-0.15, -0.1) is 0 Å². The molecule has 1 saturated carbocycles. The second kappa shape index (κ2) is 5.83. The van der Waals surface area contributed by atoms with Gasteiger partial charge in [-0.1, -0.05) is 26.2 Å². The fourth-order valence-corrected chi connectivity index (χ4v) is 2.32. The summed E-state index contributed by atoms with van der Waals surface area (Å²) < 4.78 is 5.29. The summed E-state index contributed by atoms with van der Waals surface area (Å²) in [6, 6.07) is 0. The van der Waals surface area contributed by atoms with Gasteiger partial charge in [0.25, 0.3) is 5.91 Å². The van der Waals surface area contributed by atoms with Crippen molar-refractivity contribution in [2.24, 2.45) is 0 Å². The molecule has 4 nitrogen and oxygen atoms in total. The number of hydrogen-bond donors (Lipinski definition) is 2. The van der Waals surface area contributed by atoms with E-state index >= 15 is 0 Å². The molecular weight excluding hydrogens is 218 g/mol. The van der Waals surface area contributed by atoms with E-state index in [4.69, 9.17) is 4.74 Å². The second-order valence-corrected chi connectivity index (χ2v) is 5.24. The minimum atomic E-state index is -0.792. The Hall–Kier alpha value is -0.610. The fraction of sp³-hybridized carbons (Fsp3) is 0.923. The molecule has 1 rings (SSSR count). The smallest absolute Gasteiger partial charge is 0.252 e. The molecule has 2 N–H and O–H groups in total. The molecule has 0 aromatic carbocycles. The van der Waals surface area contributed by atoms with E-state index in [0.717, 1.165) is 25.7 Å². The topological polar surface area (TPSA) is 58.6 Å². The average molecular weight is 243 g/mol. The van der Waals surface area contributed by atoms with Crippen molar-refractivity contribution in [1.29, 1.82) is 0 Å². The zero-order chi connectivity index (χ0) is 12.9. The number of methoxy groups -OCH3 is 1. The molecule has 0 aromatic rings. The summed E-state index contributed by atoms with van der Waals surface area (Å²) in [5.41, 5.74) is -1.22. The Labute approximate surface area is 104 Å². The highest BCUT2D eigenvalue weighted by molar-refractivity contribution is 5.85. The normalized spacial score (nSPS) is 22.8. The van der Waals surface area contributed by atoms with E-state index < -0.39 is 11.1 Å². The van der Waals surface area contributed by atoms with Crippen LogP contribution in [0.15, 0.2) is 0 Å². The summed E-state index contributed by atoms with van der Waals surface area (Å²) in [4.78, 5) is 12.2. The lowest BCUT2D eigenvalue weighted by Gasteiger charge is -2.39. The quantitative estimate of drug-likeness (QED) is 0.771. The minimum absolute atomic E-state index is 0.0161. The van der Waals surface area contributed by atoms with Crippen LogP contribution in [0.5, 0.6) is 0 Å². The van der Waals surface area contributed by atoms with Gasteiger partial charge in [0.15, 0.2) is 0 Å². The Balaban J connectivity index is 2.70. The fourth-order valence-electron chi connectivity index (χ4n) is 2.32. The van der Waals surface area contributed by atoms with E-state index in [2.05, 4.69) is 5.32 Å². The standard InChI is InChI=1S/C13H25NO3/c1-4-12(2,17-3)11(16)14-13(10-15)8-6-5-7-9-13/h15H,4-10H2,1-3H3,(H,14,16). The van der Waals surface area contributed by atoms with Gasteiger partial charge in [0, 0.05) is 7.11 Å². The Kier molecular flexibility index (Phi) is 4.95. The van der Waals surface area contributed by atoms with Crippen LogP contribution < -0.4 is 5.32 Å². The number of amides is 1. The lowest BCUT2D eigenvalue weighted by molar-refractivity contribution is -0.145. The van der Waals surface area contributed by atoms with Crippen molar-refractivity contribution in [3.8, 4) is 0 Å². The van der Waals surface area contributed by atoms with Crippen LogP contribution in [-0.2, 0) is 9.53 Å². The number of hydrogen-bond acceptors (Lipinski definition) is 3. The van der Waals surface area contributed by atoms with Crippen LogP contribution in [-0.4, -0.2) is 35.9 Å². The van der Waals surface area contributed by atoms with Crippen LogP contribution in [0.1, 0.15) is 52.4 Å². The summed E-state index contributed by atoms with van der Waals surface area (Å²) in [6.45, 7) is 3.73. The molecule has 0 aliphatic heterocycles. The largest absolute Gasteiger partial charge is 0.394 e. The van der Waals surface area contributed by atoms with Gasteiger partial charge in [0.1, 0.15) is 5.60 Å². The second-order valence-electron chi connectivity index (χ2n) is 5.24. The molecule has 0 radical (unpaired) electrons. The maximum atomic E-state index is 12.2. The van der Waals surface area contributed by atoms with Crippen molar-refractivity contribution in [2.45, 2.75) is 63.5 Å². The van der Waals surface area contributed by atoms with Gasteiger partial charge in [0.05, 0.1) is 12.1 Å². The molecule has 0 spiro atoms. The van der Waals surface area contributed by atoms with Crippen molar-refractivity contribution >= 4 is 5.91 Å². The van der Waals surface area contributed by atoms with Gasteiger partial charge in [-0.25, -0.2) is 0 Å². The van der Waals surface area contributed by atoms with E-state index in [9.17, 15) is 9.90 Å². The van der Waals surface area contributed by atoms with Gasteiger partial charge in [-0.05, 0) is 26.2 Å². The maximum absolute atomic E-state index is 12.2. The number of carbonyl (C=O) groups excluding carboxylic acids is 1. The number of carbonyl (C=O) groups is 1. The van der Waals surface area contributed by atoms with Crippen LogP contribution in [0.2, 0.25) is 0 Å². The van der Waals surface area contributed by atoms with Crippen LogP contribution >= 0.6 is 0 Å². The molecule has 1 aliphatic rings. The van der Waals surface area contributed by atoms with Crippen molar-refractivity contribution in [2.75, 3.05) is 13.7 Å². The first-order chi connectivity index (χ1) is 8.02. The molecular formula is C13H25NO3. The van der Waals surface area contributed by atoms with Crippen LogP contribution in [0, 0.1) is 0 Å². The molecule has 0 heterocycles. The summed E-state index contributed by atoms with van der Waals surface area (Å²) in [7, 11) is 1.55. The molecule has 0 bridgehead atoms. The molecule has 1 unspecified atom stereocenters. The highest BCUT2D eigenvalue weighted by Gasteiger charge is 2.39. The Morgan fingerprint density at radius 1 is 1.41 bits per heavy atom. The van der Waals surface area contributed by atoms with Crippen LogP contribution in [0.3, 0.4) is 0 Å².